The molecular formula is C27H19FO6. The van der Waals surface area contributed by atoms with Gasteiger partial charge in [0, 0.05) is 11.5 Å². The molecule has 2 heterocycles. The van der Waals surface area contributed by atoms with Crippen LogP contribution in [0.3, 0.4) is 0 Å². The number of ketones is 1. The number of furan rings is 1. The first-order valence-electron chi connectivity index (χ1n) is 10.6. The first-order valence-corrected chi connectivity index (χ1v) is 10.6. The molecule has 3 aromatic carbocycles. The highest BCUT2D eigenvalue weighted by molar-refractivity contribution is 6.14. The second-order valence-electron chi connectivity index (χ2n) is 7.66. The molecule has 0 aliphatic carbocycles. The first-order chi connectivity index (χ1) is 16.4. The molecule has 0 spiro atoms. The molecule has 7 heteroatoms. The highest BCUT2D eigenvalue weighted by Crippen LogP contribution is 2.36. The molecule has 34 heavy (non-hydrogen) atoms. The highest BCUT2D eigenvalue weighted by atomic mass is 19.1. The van der Waals surface area contributed by atoms with E-state index in [1.165, 1.54) is 30.3 Å². The lowest BCUT2D eigenvalue weighted by Crippen LogP contribution is -2.09. The lowest BCUT2D eigenvalue weighted by molar-refractivity contribution is 0.0734. The Hall–Kier alpha value is -4.39. The molecule has 0 saturated carbocycles. The summed E-state index contributed by atoms with van der Waals surface area (Å²) in [5.41, 5.74) is 1.81. The van der Waals surface area contributed by atoms with Crippen molar-refractivity contribution in [2.75, 3.05) is 6.61 Å². The summed E-state index contributed by atoms with van der Waals surface area (Å²) in [6, 6.07) is 15.5. The number of esters is 1. The number of ether oxygens (including phenoxy) is 3. The van der Waals surface area contributed by atoms with E-state index in [2.05, 4.69) is 0 Å². The first kappa shape index (κ1) is 21.5. The van der Waals surface area contributed by atoms with Crippen LogP contribution in [0, 0.1) is 12.7 Å². The topological polar surface area (TPSA) is 75.0 Å². The molecule has 0 saturated heterocycles. The van der Waals surface area contributed by atoms with Gasteiger partial charge in [-0.1, -0.05) is 12.1 Å². The third-order valence-corrected chi connectivity index (χ3v) is 5.37. The lowest BCUT2D eigenvalue weighted by atomic mass is 10.1. The van der Waals surface area contributed by atoms with Gasteiger partial charge in [-0.25, -0.2) is 9.18 Å². The van der Waals surface area contributed by atoms with Gasteiger partial charge >= 0.3 is 5.97 Å². The van der Waals surface area contributed by atoms with Crippen molar-refractivity contribution in [3.05, 3.63) is 94.7 Å². The molecule has 1 aliphatic rings. The Morgan fingerprint density at radius 1 is 1.03 bits per heavy atom. The summed E-state index contributed by atoms with van der Waals surface area (Å²) in [5, 5.41) is 0.588. The molecule has 0 fully saturated rings. The van der Waals surface area contributed by atoms with Crippen LogP contribution in [0.15, 0.2) is 70.8 Å². The van der Waals surface area contributed by atoms with Gasteiger partial charge < -0.3 is 18.6 Å². The van der Waals surface area contributed by atoms with Gasteiger partial charge in [-0.3, -0.25) is 4.79 Å². The Labute approximate surface area is 194 Å². The zero-order valence-corrected chi connectivity index (χ0v) is 18.4. The number of hydrogen-bond donors (Lipinski definition) is 0. The predicted molar refractivity (Wildman–Crippen MR) is 123 cm³/mol. The average molecular weight is 458 g/mol. The number of carbonyl (C=O) groups is 2. The Bertz CT molecular complexity index is 1460. The van der Waals surface area contributed by atoms with E-state index in [9.17, 15) is 14.0 Å². The highest BCUT2D eigenvalue weighted by Gasteiger charge is 2.28. The third-order valence-electron chi connectivity index (χ3n) is 5.37. The van der Waals surface area contributed by atoms with E-state index in [0.717, 1.165) is 0 Å². The Morgan fingerprint density at radius 3 is 2.56 bits per heavy atom. The van der Waals surface area contributed by atoms with Crippen LogP contribution in [0.25, 0.3) is 17.0 Å². The van der Waals surface area contributed by atoms with Crippen molar-refractivity contribution in [2.45, 2.75) is 13.8 Å². The van der Waals surface area contributed by atoms with Crippen molar-refractivity contribution in [1.29, 1.82) is 0 Å². The van der Waals surface area contributed by atoms with Crippen molar-refractivity contribution in [3.8, 4) is 17.2 Å². The van der Waals surface area contributed by atoms with Gasteiger partial charge in [0.15, 0.2) is 5.76 Å². The van der Waals surface area contributed by atoms with Crippen LogP contribution in [0.2, 0.25) is 0 Å². The monoisotopic (exact) mass is 458 g/mol. The van der Waals surface area contributed by atoms with Crippen molar-refractivity contribution < 1.29 is 32.6 Å². The number of allylic oxidation sites excluding steroid dienone is 1. The van der Waals surface area contributed by atoms with Gasteiger partial charge in [0.05, 0.1) is 12.2 Å². The number of carbonyl (C=O) groups excluding carboxylic acids is 2. The summed E-state index contributed by atoms with van der Waals surface area (Å²) < 4.78 is 35.6. The van der Waals surface area contributed by atoms with Crippen molar-refractivity contribution >= 4 is 28.8 Å². The molecule has 0 bridgehead atoms. The summed E-state index contributed by atoms with van der Waals surface area (Å²) >= 11 is 0. The van der Waals surface area contributed by atoms with E-state index in [0.29, 0.717) is 45.8 Å². The van der Waals surface area contributed by atoms with Crippen LogP contribution in [0.5, 0.6) is 17.2 Å². The van der Waals surface area contributed by atoms with Gasteiger partial charge in [0.1, 0.15) is 40.0 Å². The maximum atomic E-state index is 13.1. The number of rotatable bonds is 5. The van der Waals surface area contributed by atoms with Gasteiger partial charge in [-0.05, 0) is 68.0 Å². The minimum Gasteiger partial charge on any atom is -0.494 e. The molecule has 4 aromatic rings. The van der Waals surface area contributed by atoms with E-state index < -0.39 is 5.97 Å². The molecule has 170 valence electrons. The standard InChI is InChI=1S/C27H19FO6/c1-3-31-18-9-11-22-21(13-18)25(15(2)32-22)27(30)33-19-8-10-20-23(14-19)34-24(26(20)29)12-16-4-6-17(28)7-5-16/h4-14H,3H2,1-2H3. The quantitative estimate of drug-likeness (QED) is 0.204. The Balaban J connectivity index is 1.40. The zero-order chi connectivity index (χ0) is 23.8. The van der Waals surface area contributed by atoms with E-state index in [4.69, 9.17) is 18.6 Å². The minimum atomic E-state index is -0.601. The fourth-order valence-corrected chi connectivity index (χ4v) is 3.81. The fraction of sp³-hybridized carbons (Fsp3) is 0.111. The van der Waals surface area contributed by atoms with Crippen LogP contribution >= 0.6 is 0 Å². The molecule has 0 N–H and O–H groups in total. The second-order valence-corrected chi connectivity index (χ2v) is 7.66. The van der Waals surface area contributed by atoms with Gasteiger partial charge in [0.2, 0.25) is 5.78 Å². The summed E-state index contributed by atoms with van der Waals surface area (Å²) in [7, 11) is 0. The fourth-order valence-electron chi connectivity index (χ4n) is 3.81. The molecule has 6 nitrogen and oxygen atoms in total. The van der Waals surface area contributed by atoms with Gasteiger partial charge in [-0.2, -0.15) is 0 Å². The minimum absolute atomic E-state index is 0.102. The Morgan fingerprint density at radius 2 is 1.79 bits per heavy atom. The maximum absolute atomic E-state index is 13.1. The molecule has 5 rings (SSSR count). The number of fused-ring (bicyclic) bond motifs is 2. The largest absolute Gasteiger partial charge is 0.494 e. The number of aryl methyl sites for hydroxylation is 1. The SMILES string of the molecule is CCOc1ccc2oc(C)c(C(=O)Oc3ccc4c(c3)OC(=Cc3ccc(F)cc3)C4=O)c2c1. The van der Waals surface area contributed by atoms with Crippen molar-refractivity contribution in [2.24, 2.45) is 0 Å². The second kappa shape index (κ2) is 8.51. The maximum Gasteiger partial charge on any atom is 0.347 e. The summed E-state index contributed by atoms with van der Waals surface area (Å²) in [6.07, 6.45) is 1.53. The van der Waals surface area contributed by atoms with Crippen molar-refractivity contribution in [3.63, 3.8) is 0 Å². The molecule has 0 radical (unpaired) electrons. The van der Waals surface area contributed by atoms with Crippen LogP contribution in [0.1, 0.15) is 39.0 Å². The number of hydrogen-bond acceptors (Lipinski definition) is 6. The van der Waals surface area contributed by atoms with E-state index in [1.807, 2.05) is 6.92 Å². The zero-order valence-electron chi connectivity index (χ0n) is 18.4. The third kappa shape index (κ3) is 3.92. The summed E-state index contributed by atoms with van der Waals surface area (Å²) in [6.45, 7) is 4.06. The van der Waals surface area contributed by atoms with Gasteiger partial charge in [0.25, 0.3) is 0 Å². The van der Waals surface area contributed by atoms with E-state index >= 15 is 0 Å². The smallest absolute Gasteiger partial charge is 0.347 e. The molecule has 1 aromatic heterocycles. The number of benzene rings is 3. The van der Waals surface area contributed by atoms with Gasteiger partial charge in [-0.15, -0.1) is 0 Å². The molecule has 0 unspecified atom stereocenters. The van der Waals surface area contributed by atoms with Crippen LogP contribution in [-0.4, -0.2) is 18.4 Å². The average Bonchev–Trinajstić information content (AvgIpc) is 3.30. The van der Waals surface area contributed by atoms with Crippen LogP contribution in [0.4, 0.5) is 4.39 Å². The van der Waals surface area contributed by atoms with E-state index in [-0.39, 0.29) is 28.9 Å². The Kier molecular flexibility index (Phi) is 5.37. The molecule has 0 amide bonds. The van der Waals surface area contributed by atoms with Crippen LogP contribution < -0.4 is 14.2 Å². The normalized spacial score (nSPS) is 13.7. The lowest BCUT2D eigenvalue weighted by Gasteiger charge is -2.06. The summed E-state index contributed by atoms with van der Waals surface area (Å²) in [4.78, 5) is 25.7. The van der Waals surface area contributed by atoms with Crippen LogP contribution in [-0.2, 0) is 0 Å². The van der Waals surface area contributed by atoms with E-state index in [1.54, 1.807) is 43.3 Å². The number of Topliss-reactive ketones (excluding diaryl/α,β-unsaturated/α-hetero) is 1. The van der Waals surface area contributed by atoms with Crippen molar-refractivity contribution in [1.82, 2.24) is 0 Å². The number of halogens is 1. The molecular weight excluding hydrogens is 439 g/mol. The molecule has 0 atom stereocenters. The molecule has 1 aliphatic heterocycles. The summed E-state index contributed by atoms with van der Waals surface area (Å²) in [5.74, 6) is 0.356. The predicted octanol–water partition coefficient (Wildman–Crippen LogP) is 6.11.